The summed E-state index contributed by atoms with van der Waals surface area (Å²) in [6.45, 7) is 4.03. The van der Waals surface area contributed by atoms with E-state index in [0.717, 1.165) is 12.8 Å². The Morgan fingerprint density at radius 1 is 1.30 bits per heavy atom. The van der Waals surface area contributed by atoms with Gasteiger partial charge in [-0.2, -0.15) is 5.10 Å². The van der Waals surface area contributed by atoms with Gasteiger partial charge in [-0.25, -0.2) is 4.68 Å². The van der Waals surface area contributed by atoms with E-state index in [9.17, 15) is 10.1 Å². The van der Waals surface area contributed by atoms with Gasteiger partial charge in [0.05, 0.1) is 11.0 Å². The van der Waals surface area contributed by atoms with E-state index < -0.39 is 4.92 Å². The van der Waals surface area contributed by atoms with E-state index in [1.165, 1.54) is 0 Å². The summed E-state index contributed by atoms with van der Waals surface area (Å²) in [6, 6.07) is 9.16. The zero-order valence-electron chi connectivity index (χ0n) is 11.4. The predicted molar refractivity (Wildman–Crippen MR) is 78.9 cm³/mol. The largest absolute Gasteiger partial charge is 0.333 e. The molecule has 0 fully saturated rings. The maximum atomic E-state index is 11.3. The molecule has 2 aromatic rings. The highest BCUT2D eigenvalue weighted by molar-refractivity contribution is 6.32. The lowest BCUT2D eigenvalue weighted by molar-refractivity contribution is -0.384. The smallest absolute Gasteiger partial charge is 0.258 e. The molecule has 1 heterocycles. The van der Waals surface area contributed by atoms with Crippen molar-refractivity contribution in [2.24, 2.45) is 0 Å². The molecule has 0 amide bonds. The normalized spacial score (nSPS) is 11.0. The molecule has 2 rings (SSSR count). The highest BCUT2D eigenvalue weighted by Gasteiger charge is 2.29. The summed E-state index contributed by atoms with van der Waals surface area (Å²) in [5.74, 6) is 0. The van der Waals surface area contributed by atoms with E-state index in [0.29, 0.717) is 11.3 Å². The second-order valence-corrected chi connectivity index (χ2v) is 4.88. The first-order chi connectivity index (χ1) is 9.60. The van der Waals surface area contributed by atoms with Gasteiger partial charge < -0.3 is 0 Å². The summed E-state index contributed by atoms with van der Waals surface area (Å²) in [7, 11) is 0. The number of hydrogen-bond acceptors (Lipinski definition) is 3. The molecule has 1 aromatic heterocycles. The van der Waals surface area contributed by atoms with Crippen molar-refractivity contribution in [3.63, 3.8) is 0 Å². The van der Waals surface area contributed by atoms with Crippen LogP contribution in [-0.4, -0.2) is 14.7 Å². The molecule has 0 aliphatic rings. The molecular formula is C14H16ClN3O2. The second kappa shape index (κ2) is 6.05. The lowest BCUT2D eigenvalue weighted by atomic mass is 10.1. The maximum Gasteiger partial charge on any atom is 0.333 e. The molecule has 0 saturated heterocycles. The van der Waals surface area contributed by atoms with E-state index in [1.807, 2.05) is 32.0 Å². The molecule has 1 aromatic carbocycles. The minimum Gasteiger partial charge on any atom is -0.258 e. The summed E-state index contributed by atoms with van der Waals surface area (Å²) in [5.41, 5.74) is 0.906. The van der Waals surface area contributed by atoms with Crippen LogP contribution < -0.4 is 0 Å². The number of nitro groups is 1. The molecule has 0 aliphatic carbocycles. The van der Waals surface area contributed by atoms with Crippen molar-refractivity contribution in [3.05, 3.63) is 45.6 Å². The molecule has 0 radical (unpaired) electrons. The van der Waals surface area contributed by atoms with Crippen molar-refractivity contribution < 1.29 is 4.92 Å². The Morgan fingerprint density at radius 3 is 2.40 bits per heavy atom. The Labute approximate surface area is 122 Å². The molecular weight excluding hydrogens is 278 g/mol. The average molecular weight is 294 g/mol. The summed E-state index contributed by atoms with van der Waals surface area (Å²) in [5, 5.41) is 15.8. The van der Waals surface area contributed by atoms with Crippen LogP contribution >= 0.6 is 11.6 Å². The van der Waals surface area contributed by atoms with Crippen LogP contribution in [0.2, 0.25) is 5.15 Å². The molecule has 0 spiro atoms. The standard InChI is InChI=1S/C14H16ClN3O2/c1-3-11(4-2)17-14(15)13(18(19)20)12(16-17)10-8-6-5-7-9-10/h5-9,11H,3-4H2,1-2H3. The van der Waals surface area contributed by atoms with Crippen molar-refractivity contribution >= 4 is 17.3 Å². The van der Waals surface area contributed by atoms with Gasteiger partial charge in [-0.3, -0.25) is 10.1 Å². The van der Waals surface area contributed by atoms with Gasteiger partial charge in [0, 0.05) is 5.56 Å². The topological polar surface area (TPSA) is 61.0 Å². The number of aromatic nitrogens is 2. The first-order valence-electron chi connectivity index (χ1n) is 6.57. The minimum atomic E-state index is -0.462. The third kappa shape index (κ3) is 2.54. The van der Waals surface area contributed by atoms with Crippen molar-refractivity contribution in [2.45, 2.75) is 32.7 Å². The summed E-state index contributed by atoms with van der Waals surface area (Å²) in [4.78, 5) is 10.8. The van der Waals surface area contributed by atoms with Crippen LogP contribution in [0, 0.1) is 10.1 Å². The lowest BCUT2D eigenvalue weighted by Gasteiger charge is -2.13. The molecule has 20 heavy (non-hydrogen) atoms. The van der Waals surface area contributed by atoms with Gasteiger partial charge in [-0.1, -0.05) is 55.8 Å². The van der Waals surface area contributed by atoms with Gasteiger partial charge in [-0.15, -0.1) is 0 Å². The van der Waals surface area contributed by atoms with Gasteiger partial charge in [0.15, 0.2) is 5.69 Å². The monoisotopic (exact) mass is 293 g/mol. The van der Waals surface area contributed by atoms with Gasteiger partial charge >= 0.3 is 5.69 Å². The van der Waals surface area contributed by atoms with Crippen LogP contribution in [0.1, 0.15) is 32.7 Å². The Morgan fingerprint density at radius 2 is 1.90 bits per heavy atom. The van der Waals surface area contributed by atoms with Crippen molar-refractivity contribution in [3.8, 4) is 11.3 Å². The molecule has 0 bridgehead atoms. The third-order valence-corrected chi connectivity index (χ3v) is 3.70. The fraction of sp³-hybridized carbons (Fsp3) is 0.357. The first kappa shape index (κ1) is 14.5. The summed E-state index contributed by atoms with van der Waals surface area (Å²) < 4.78 is 1.57. The molecule has 6 heteroatoms. The third-order valence-electron chi connectivity index (χ3n) is 3.35. The SMILES string of the molecule is CCC(CC)n1nc(-c2ccccc2)c([N+](=O)[O-])c1Cl. The summed E-state index contributed by atoms with van der Waals surface area (Å²) in [6.07, 6.45) is 1.65. The van der Waals surface area contributed by atoms with Crippen LogP contribution in [0.5, 0.6) is 0 Å². The van der Waals surface area contributed by atoms with Crippen LogP contribution in [0.4, 0.5) is 5.69 Å². The maximum absolute atomic E-state index is 11.3. The van der Waals surface area contributed by atoms with Crippen LogP contribution in [0.15, 0.2) is 30.3 Å². The molecule has 0 saturated carbocycles. The van der Waals surface area contributed by atoms with Crippen molar-refractivity contribution in [2.75, 3.05) is 0 Å². The fourth-order valence-corrected chi connectivity index (χ4v) is 2.57. The van der Waals surface area contributed by atoms with E-state index >= 15 is 0 Å². The average Bonchev–Trinajstić information content (AvgIpc) is 2.79. The number of rotatable bonds is 5. The Kier molecular flexibility index (Phi) is 4.39. The minimum absolute atomic E-state index is 0.0682. The van der Waals surface area contributed by atoms with Gasteiger partial charge in [0.1, 0.15) is 0 Å². The predicted octanol–water partition coefficient (Wildman–Crippen LogP) is 4.47. The number of hydrogen-bond donors (Lipinski definition) is 0. The molecule has 0 aliphatic heterocycles. The first-order valence-corrected chi connectivity index (χ1v) is 6.95. The highest BCUT2D eigenvalue weighted by Crippen LogP contribution is 2.37. The van der Waals surface area contributed by atoms with E-state index in [1.54, 1.807) is 16.8 Å². The van der Waals surface area contributed by atoms with E-state index in [2.05, 4.69) is 5.10 Å². The summed E-state index contributed by atoms with van der Waals surface area (Å²) >= 11 is 6.19. The number of halogens is 1. The van der Waals surface area contributed by atoms with E-state index in [4.69, 9.17) is 11.6 Å². The van der Waals surface area contributed by atoms with E-state index in [-0.39, 0.29) is 16.9 Å². The molecule has 106 valence electrons. The Hall–Kier alpha value is -1.88. The highest BCUT2D eigenvalue weighted by atomic mass is 35.5. The van der Waals surface area contributed by atoms with Crippen LogP contribution in [-0.2, 0) is 0 Å². The Bertz CT molecular complexity index is 606. The molecule has 0 unspecified atom stereocenters. The molecule has 0 N–H and O–H groups in total. The zero-order valence-corrected chi connectivity index (χ0v) is 12.2. The molecule has 0 atom stereocenters. The quantitative estimate of drug-likeness (QED) is 0.603. The second-order valence-electron chi connectivity index (χ2n) is 4.53. The van der Waals surface area contributed by atoms with Crippen LogP contribution in [0.25, 0.3) is 11.3 Å². The van der Waals surface area contributed by atoms with Crippen molar-refractivity contribution in [1.29, 1.82) is 0 Å². The number of nitrogens with zero attached hydrogens (tertiary/aromatic N) is 3. The van der Waals surface area contributed by atoms with Crippen molar-refractivity contribution in [1.82, 2.24) is 9.78 Å². The zero-order chi connectivity index (χ0) is 14.7. The fourth-order valence-electron chi connectivity index (χ4n) is 2.23. The van der Waals surface area contributed by atoms with Gasteiger partial charge in [-0.05, 0) is 12.8 Å². The van der Waals surface area contributed by atoms with Crippen LogP contribution in [0.3, 0.4) is 0 Å². The van der Waals surface area contributed by atoms with Gasteiger partial charge in [0.2, 0.25) is 5.15 Å². The van der Waals surface area contributed by atoms with Gasteiger partial charge in [0.25, 0.3) is 0 Å². The number of benzene rings is 1. The Balaban J connectivity index is 2.63. The lowest BCUT2D eigenvalue weighted by Crippen LogP contribution is -2.08. The molecule has 5 nitrogen and oxygen atoms in total.